The normalized spacial score (nSPS) is 11.6. The summed E-state index contributed by atoms with van der Waals surface area (Å²) in [6.07, 6.45) is -1.39. The summed E-state index contributed by atoms with van der Waals surface area (Å²) in [5, 5.41) is 7.00. The number of anilines is 1. The molecule has 5 nitrogen and oxygen atoms in total. The molecule has 2 rings (SSSR count). The molecule has 2 aromatic rings. The Labute approximate surface area is 107 Å². The van der Waals surface area contributed by atoms with Crippen LogP contribution in [0.3, 0.4) is 0 Å². The van der Waals surface area contributed by atoms with E-state index in [2.05, 4.69) is 20.4 Å². The minimum absolute atomic E-state index is 0.393. The summed E-state index contributed by atoms with van der Waals surface area (Å²) in [5.41, 5.74) is -0.760. The van der Waals surface area contributed by atoms with Crippen LogP contribution < -0.4 is 5.32 Å². The zero-order chi connectivity index (χ0) is 13.9. The molecule has 0 spiro atoms. The third-order valence-corrected chi connectivity index (χ3v) is 2.39. The Hall–Kier alpha value is -2.12. The number of nitrogens with zero attached hydrogens (tertiary/aromatic N) is 4. The first-order chi connectivity index (χ1) is 8.95. The van der Waals surface area contributed by atoms with Crippen LogP contribution in [0.15, 0.2) is 24.7 Å². The lowest BCUT2D eigenvalue weighted by molar-refractivity contribution is -0.137. The first kappa shape index (κ1) is 13.3. The number of hydrogen-bond donors (Lipinski definition) is 1. The summed E-state index contributed by atoms with van der Waals surface area (Å²) in [6, 6.07) is 2.29. The first-order valence-corrected chi connectivity index (χ1v) is 5.57. The molecule has 0 aliphatic heterocycles. The summed E-state index contributed by atoms with van der Waals surface area (Å²) in [4.78, 5) is 7.74. The zero-order valence-electron chi connectivity index (χ0n) is 10.1. The van der Waals surface area contributed by atoms with Crippen molar-refractivity contribution in [1.82, 2.24) is 19.7 Å². The fourth-order valence-corrected chi connectivity index (χ4v) is 1.47. The van der Waals surface area contributed by atoms with Crippen molar-refractivity contribution >= 4 is 5.82 Å². The summed E-state index contributed by atoms with van der Waals surface area (Å²) in [5.74, 6) is 1.06. The second-order valence-electron chi connectivity index (χ2n) is 3.94. The number of rotatable bonds is 4. The van der Waals surface area contributed by atoms with E-state index >= 15 is 0 Å². The van der Waals surface area contributed by atoms with E-state index in [1.54, 1.807) is 18.1 Å². The van der Waals surface area contributed by atoms with Gasteiger partial charge in [0.05, 0.1) is 5.56 Å². The second-order valence-corrected chi connectivity index (χ2v) is 3.94. The average molecular weight is 271 g/mol. The first-order valence-electron chi connectivity index (χ1n) is 5.57. The number of halogens is 3. The van der Waals surface area contributed by atoms with Gasteiger partial charge in [-0.25, -0.2) is 9.97 Å². The van der Waals surface area contributed by atoms with Crippen LogP contribution >= 0.6 is 0 Å². The van der Waals surface area contributed by atoms with Crippen molar-refractivity contribution in [2.24, 2.45) is 7.05 Å². The maximum Gasteiger partial charge on any atom is 0.417 e. The van der Waals surface area contributed by atoms with E-state index < -0.39 is 11.7 Å². The van der Waals surface area contributed by atoms with Crippen molar-refractivity contribution in [2.45, 2.75) is 12.6 Å². The second kappa shape index (κ2) is 5.25. The molecule has 0 unspecified atom stereocenters. The van der Waals surface area contributed by atoms with E-state index in [0.29, 0.717) is 24.6 Å². The molecule has 0 aromatic carbocycles. The molecule has 0 fully saturated rings. The average Bonchev–Trinajstić information content (AvgIpc) is 2.75. The fourth-order valence-electron chi connectivity index (χ4n) is 1.47. The highest BCUT2D eigenvalue weighted by atomic mass is 19.4. The van der Waals surface area contributed by atoms with Gasteiger partial charge in [-0.15, -0.1) is 0 Å². The molecule has 19 heavy (non-hydrogen) atoms. The third kappa shape index (κ3) is 3.67. The van der Waals surface area contributed by atoms with Crippen LogP contribution in [0.5, 0.6) is 0 Å². The number of nitrogens with one attached hydrogen (secondary N) is 1. The van der Waals surface area contributed by atoms with Crippen LogP contribution in [0, 0.1) is 0 Å². The van der Waals surface area contributed by atoms with E-state index in [1.807, 2.05) is 0 Å². The highest BCUT2D eigenvalue weighted by Gasteiger charge is 2.30. The summed E-state index contributed by atoms with van der Waals surface area (Å²) in [7, 11) is 1.77. The summed E-state index contributed by atoms with van der Waals surface area (Å²) in [6.45, 7) is 0.502. The molecular formula is C11H12F3N5. The van der Waals surface area contributed by atoms with Crippen molar-refractivity contribution in [1.29, 1.82) is 0 Å². The third-order valence-electron chi connectivity index (χ3n) is 2.39. The predicted molar refractivity (Wildman–Crippen MR) is 62.4 cm³/mol. The molecule has 102 valence electrons. The lowest BCUT2D eigenvalue weighted by Gasteiger charge is -2.07. The van der Waals surface area contributed by atoms with Crippen molar-refractivity contribution in [3.8, 4) is 0 Å². The van der Waals surface area contributed by atoms with Gasteiger partial charge in [0.2, 0.25) is 0 Å². The number of pyridine rings is 1. The summed E-state index contributed by atoms with van der Waals surface area (Å²) < 4.78 is 38.5. The minimum atomic E-state index is -4.36. The van der Waals surface area contributed by atoms with Gasteiger partial charge in [0.15, 0.2) is 5.82 Å². The van der Waals surface area contributed by atoms with Crippen LogP contribution in [-0.4, -0.2) is 26.3 Å². The molecular weight excluding hydrogens is 259 g/mol. The van der Waals surface area contributed by atoms with Gasteiger partial charge in [-0.3, -0.25) is 4.68 Å². The molecule has 1 N–H and O–H groups in total. The van der Waals surface area contributed by atoms with Crippen molar-refractivity contribution in [3.05, 3.63) is 36.0 Å². The Balaban J connectivity index is 1.86. The monoisotopic (exact) mass is 271 g/mol. The Morgan fingerprint density at radius 2 is 2.05 bits per heavy atom. The molecule has 2 aromatic heterocycles. The van der Waals surface area contributed by atoms with Gasteiger partial charge in [-0.05, 0) is 12.1 Å². The molecule has 2 heterocycles. The Morgan fingerprint density at radius 1 is 1.26 bits per heavy atom. The van der Waals surface area contributed by atoms with Gasteiger partial charge in [0, 0.05) is 26.2 Å². The van der Waals surface area contributed by atoms with Gasteiger partial charge >= 0.3 is 6.18 Å². The molecule has 0 atom stereocenters. The van der Waals surface area contributed by atoms with Crippen LogP contribution in [0.1, 0.15) is 11.4 Å². The number of aryl methyl sites for hydroxylation is 1. The van der Waals surface area contributed by atoms with Crippen molar-refractivity contribution in [3.63, 3.8) is 0 Å². The van der Waals surface area contributed by atoms with Gasteiger partial charge in [-0.2, -0.15) is 18.3 Å². The van der Waals surface area contributed by atoms with E-state index in [4.69, 9.17) is 0 Å². The SMILES string of the molecule is Cn1cnc(CCNc2ccc(C(F)(F)F)cn2)n1. The molecule has 0 amide bonds. The number of alkyl halides is 3. The van der Waals surface area contributed by atoms with Crippen molar-refractivity contribution in [2.75, 3.05) is 11.9 Å². The van der Waals surface area contributed by atoms with Crippen LogP contribution in [0.25, 0.3) is 0 Å². The molecule has 0 radical (unpaired) electrons. The largest absolute Gasteiger partial charge is 0.417 e. The smallest absolute Gasteiger partial charge is 0.370 e. The standard InChI is InChI=1S/C11H12F3N5/c1-19-7-17-10(18-19)4-5-15-9-3-2-8(6-16-9)11(12,13)14/h2-3,6-7H,4-5H2,1H3,(H,15,16). The quantitative estimate of drug-likeness (QED) is 0.922. The van der Waals surface area contributed by atoms with E-state index in [9.17, 15) is 13.2 Å². The van der Waals surface area contributed by atoms with Crippen molar-refractivity contribution < 1.29 is 13.2 Å². The Kier molecular flexibility index (Phi) is 3.68. The number of hydrogen-bond acceptors (Lipinski definition) is 4. The van der Waals surface area contributed by atoms with E-state index in [-0.39, 0.29) is 0 Å². The predicted octanol–water partition coefficient (Wildman–Crippen LogP) is 1.88. The van der Waals surface area contributed by atoms with Gasteiger partial charge in [0.1, 0.15) is 12.1 Å². The Morgan fingerprint density at radius 3 is 2.58 bits per heavy atom. The molecule has 0 saturated heterocycles. The highest BCUT2D eigenvalue weighted by Crippen LogP contribution is 2.28. The van der Waals surface area contributed by atoms with Gasteiger partial charge in [-0.1, -0.05) is 0 Å². The molecule has 0 aliphatic rings. The van der Waals surface area contributed by atoms with Crippen LogP contribution in [-0.2, 0) is 19.6 Å². The van der Waals surface area contributed by atoms with E-state index in [1.165, 1.54) is 6.07 Å². The molecule has 0 saturated carbocycles. The van der Waals surface area contributed by atoms with Gasteiger partial charge < -0.3 is 5.32 Å². The Bertz CT molecular complexity index is 532. The molecule has 0 aliphatic carbocycles. The lowest BCUT2D eigenvalue weighted by atomic mass is 10.3. The van der Waals surface area contributed by atoms with E-state index in [0.717, 1.165) is 12.3 Å². The fraction of sp³-hybridized carbons (Fsp3) is 0.364. The zero-order valence-corrected chi connectivity index (χ0v) is 10.1. The van der Waals surface area contributed by atoms with Crippen LogP contribution in [0.4, 0.5) is 19.0 Å². The number of aromatic nitrogens is 4. The highest BCUT2D eigenvalue weighted by molar-refractivity contribution is 5.36. The minimum Gasteiger partial charge on any atom is -0.370 e. The summed E-state index contributed by atoms with van der Waals surface area (Å²) >= 11 is 0. The topological polar surface area (TPSA) is 55.6 Å². The maximum absolute atomic E-state index is 12.3. The maximum atomic E-state index is 12.3. The van der Waals surface area contributed by atoms with Gasteiger partial charge in [0.25, 0.3) is 0 Å². The molecule has 0 bridgehead atoms. The lowest BCUT2D eigenvalue weighted by Crippen LogP contribution is -2.09. The van der Waals surface area contributed by atoms with Crippen LogP contribution in [0.2, 0.25) is 0 Å². The molecule has 8 heteroatoms.